The lowest BCUT2D eigenvalue weighted by Crippen LogP contribution is -2.36. The molecule has 0 aliphatic heterocycles. The lowest BCUT2D eigenvalue weighted by molar-refractivity contribution is -0.138. The van der Waals surface area contributed by atoms with Gasteiger partial charge in [0.25, 0.3) is 10.0 Å². The van der Waals surface area contributed by atoms with E-state index in [2.05, 4.69) is 20.7 Å². The number of benzene rings is 2. The molecule has 128 valence electrons. The Balaban J connectivity index is 2.59. The quantitative estimate of drug-likeness (QED) is 0.675. The van der Waals surface area contributed by atoms with Crippen LogP contribution < -0.4 is 4.31 Å². The van der Waals surface area contributed by atoms with Crippen LogP contribution in [0.2, 0.25) is 5.02 Å². The summed E-state index contributed by atoms with van der Waals surface area (Å²) >= 11 is 9.37. The van der Waals surface area contributed by atoms with Crippen molar-refractivity contribution in [2.24, 2.45) is 0 Å². The number of carbonyl (C=O) groups is 1. The van der Waals surface area contributed by atoms with Gasteiger partial charge in [-0.3, -0.25) is 9.10 Å². The number of nitrogens with zero attached hydrogens (tertiary/aromatic N) is 1. The number of esters is 1. The maximum absolute atomic E-state index is 13.0. The number of ether oxygens (including phenoxy) is 1. The molecule has 24 heavy (non-hydrogen) atoms. The van der Waals surface area contributed by atoms with E-state index in [0.717, 1.165) is 8.78 Å². The van der Waals surface area contributed by atoms with E-state index in [1.54, 1.807) is 37.3 Å². The van der Waals surface area contributed by atoms with Crippen molar-refractivity contribution in [3.05, 3.63) is 57.5 Å². The minimum atomic E-state index is -3.96. The largest absolute Gasteiger partial charge is 0.468 e. The molecule has 2 aromatic carbocycles. The van der Waals surface area contributed by atoms with Crippen molar-refractivity contribution in [1.29, 1.82) is 0 Å². The molecule has 0 spiro atoms. The second-order valence-corrected chi connectivity index (χ2v) is 8.11. The van der Waals surface area contributed by atoms with Gasteiger partial charge in [-0.2, -0.15) is 0 Å². The zero-order chi connectivity index (χ0) is 17.9. The Bertz CT molecular complexity index is 853. The number of halogens is 2. The number of sulfonamides is 1. The molecule has 0 bridgehead atoms. The summed E-state index contributed by atoms with van der Waals surface area (Å²) in [4.78, 5) is 11.8. The van der Waals surface area contributed by atoms with Crippen LogP contribution in [0.1, 0.15) is 5.56 Å². The van der Waals surface area contributed by atoms with Crippen LogP contribution in [0.25, 0.3) is 0 Å². The molecule has 0 N–H and O–H groups in total. The van der Waals surface area contributed by atoms with Crippen molar-refractivity contribution in [1.82, 2.24) is 0 Å². The second-order valence-electron chi connectivity index (χ2n) is 4.93. The SMILES string of the molecule is COC(=O)CN(c1cccc(Cl)c1C)S(=O)(=O)c1ccc(Br)cc1. The summed E-state index contributed by atoms with van der Waals surface area (Å²) in [6, 6.07) is 11.0. The van der Waals surface area contributed by atoms with Crippen molar-refractivity contribution < 1.29 is 17.9 Å². The molecule has 0 saturated heterocycles. The Morgan fingerprint density at radius 1 is 1.21 bits per heavy atom. The van der Waals surface area contributed by atoms with Gasteiger partial charge in [-0.25, -0.2) is 8.42 Å². The summed E-state index contributed by atoms with van der Waals surface area (Å²) in [7, 11) is -2.76. The highest BCUT2D eigenvalue weighted by molar-refractivity contribution is 9.10. The van der Waals surface area contributed by atoms with Crippen LogP contribution in [-0.4, -0.2) is 28.0 Å². The molecule has 0 saturated carbocycles. The van der Waals surface area contributed by atoms with Crippen molar-refractivity contribution in [3.8, 4) is 0 Å². The third kappa shape index (κ3) is 3.91. The predicted octanol–water partition coefficient (Wildman–Crippen LogP) is 3.78. The molecular weight excluding hydrogens is 418 g/mol. The van der Waals surface area contributed by atoms with Crippen molar-refractivity contribution in [3.63, 3.8) is 0 Å². The van der Waals surface area contributed by atoms with E-state index in [1.165, 1.54) is 19.2 Å². The molecule has 5 nitrogen and oxygen atoms in total. The Hall–Kier alpha value is -1.57. The van der Waals surface area contributed by atoms with E-state index in [-0.39, 0.29) is 4.90 Å². The minimum absolute atomic E-state index is 0.0639. The molecule has 0 radical (unpaired) electrons. The number of hydrogen-bond donors (Lipinski definition) is 0. The molecule has 0 heterocycles. The van der Waals surface area contributed by atoms with Crippen molar-refractivity contribution in [2.75, 3.05) is 18.0 Å². The minimum Gasteiger partial charge on any atom is -0.468 e. The van der Waals surface area contributed by atoms with Gasteiger partial charge in [0, 0.05) is 9.50 Å². The Labute approximate surface area is 154 Å². The van der Waals surface area contributed by atoms with Crippen LogP contribution >= 0.6 is 27.5 Å². The van der Waals surface area contributed by atoms with Crippen LogP contribution in [-0.2, 0) is 19.6 Å². The van der Waals surface area contributed by atoms with Crippen molar-refractivity contribution in [2.45, 2.75) is 11.8 Å². The standard InChI is InChI=1S/C16H15BrClNO4S/c1-11-14(18)4-3-5-15(11)19(10-16(20)23-2)24(21,22)13-8-6-12(17)7-9-13/h3-9H,10H2,1-2H3. The van der Waals surface area contributed by atoms with Gasteiger partial charge in [-0.15, -0.1) is 0 Å². The maximum atomic E-state index is 13.0. The lowest BCUT2D eigenvalue weighted by atomic mass is 10.2. The number of carbonyl (C=O) groups excluding carboxylic acids is 1. The maximum Gasteiger partial charge on any atom is 0.326 e. The summed E-state index contributed by atoms with van der Waals surface area (Å²) < 4.78 is 32.4. The average Bonchev–Trinajstić information content (AvgIpc) is 2.55. The summed E-state index contributed by atoms with van der Waals surface area (Å²) in [6.07, 6.45) is 0. The Morgan fingerprint density at radius 3 is 2.42 bits per heavy atom. The molecule has 2 rings (SSSR count). The molecule has 2 aromatic rings. The Kier molecular flexibility index (Phi) is 5.90. The third-order valence-electron chi connectivity index (χ3n) is 3.41. The molecule has 0 amide bonds. The van der Waals surface area contributed by atoms with Gasteiger partial charge >= 0.3 is 5.97 Å². The van der Waals surface area contributed by atoms with Crippen LogP contribution in [0.15, 0.2) is 51.8 Å². The molecule has 8 heteroatoms. The van der Waals surface area contributed by atoms with Gasteiger partial charge in [0.15, 0.2) is 0 Å². The molecule has 0 unspecified atom stereocenters. The zero-order valence-electron chi connectivity index (χ0n) is 13.0. The monoisotopic (exact) mass is 431 g/mol. The fourth-order valence-electron chi connectivity index (χ4n) is 2.08. The first kappa shape index (κ1) is 18.8. The predicted molar refractivity (Wildman–Crippen MR) is 96.9 cm³/mol. The van der Waals surface area contributed by atoms with E-state index in [4.69, 9.17) is 11.6 Å². The van der Waals surface area contributed by atoms with E-state index < -0.39 is 22.5 Å². The highest BCUT2D eigenvalue weighted by Gasteiger charge is 2.29. The van der Waals surface area contributed by atoms with Gasteiger partial charge in [0.1, 0.15) is 6.54 Å². The van der Waals surface area contributed by atoms with Gasteiger partial charge in [-0.05, 0) is 48.9 Å². The molecule has 0 aliphatic carbocycles. The molecule has 0 fully saturated rings. The fraction of sp³-hybridized carbons (Fsp3) is 0.188. The fourth-order valence-corrected chi connectivity index (χ4v) is 3.98. The topological polar surface area (TPSA) is 63.7 Å². The van der Waals surface area contributed by atoms with Crippen LogP contribution in [0.5, 0.6) is 0 Å². The summed E-state index contributed by atoms with van der Waals surface area (Å²) in [5.41, 5.74) is 0.888. The van der Waals surface area contributed by atoms with Crippen molar-refractivity contribution >= 4 is 49.2 Å². The van der Waals surface area contributed by atoms with Crippen LogP contribution in [0.4, 0.5) is 5.69 Å². The number of hydrogen-bond acceptors (Lipinski definition) is 4. The molecule has 0 aromatic heterocycles. The number of rotatable bonds is 5. The van der Waals surface area contributed by atoms with E-state index in [9.17, 15) is 13.2 Å². The molecular formula is C16H15BrClNO4S. The summed E-state index contributed by atoms with van der Waals surface area (Å²) in [5.74, 6) is -0.671. The highest BCUT2D eigenvalue weighted by Crippen LogP contribution is 2.31. The average molecular weight is 433 g/mol. The van der Waals surface area contributed by atoms with E-state index in [1.807, 2.05) is 0 Å². The van der Waals surface area contributed by atoms with E-state index >= 15 is 0 Å². The summed E-state index contributed by atoms with van der Waals surface area (Å²) in [6.45, 7) is 1.25. The summed E-state index contributed by atoms with van der Waals surface area (Å²) in [5, 5.41) is 0.411. The van der Waals surface area contributed by atoms with Gasteiger partial charge in [0.2, 0.25) is 0 Å². The van der Waals surface area contributed by atoms with Gasteiger partial charge in [-0.1, -0.05) is 33.6 Å². The normalized spacial score (nSPS) is 11.2. The second kappa shape index (κ2) is 7.55. The smallest absolute Gasteiger partial charge is 0.326 e. The third-order valence-corrected chi connectivity index (χ3v) is 6.12. The first-order valence-electron chi connectivity index (χ1n) is 6.87. The first-order valence-corrected chi connectivity index (χ1v) is 9.48. The zero-order valence-corrected chi connectivity index (χ0v) is 16.2. The molecule has 0 atom stereocenters. The van der Waals surface area contributed by atoms with Gasteiger partial charge in [0.05, 0.1) is 17.7 Å². The highest BCUT2D eigenvalue weighted by atomic mass is 79.9. The molecule has 0 aliphatic rings. The number of methoxy groups -OCH3 is 1. The first-order chi connectivity index (χ1) is 11.3. The van der Waals surface area contributed by atoms with Crippen LogP contribution in [0.3, 0.4) is 0 Å². The van der Waals surface area contributed by atoms with Crippen LogP contribution in [0, 0.1) is 6.92 Å². The van der Waals surface area contributed by atoms with Gasteiger partial charge < -0.3 is 4.74 Å². The van der Waals surface area contributed by atoms with E-state index in [0.29, 0.717) is 16.3 Å². The number of anilines is 1. The Morgan fingerprint density at radius 2 is 1.83 bits per heavy atom. The lowest BCUT2D eigenvalue weighted by Gasteiger charge is -2.25.